The molecule has 1 unspecified atom stereocenters. The van der Waals surface area contributed by atoms with E-state index in [0.717, 1.165) is 48.3 Å². The van der Waals surface area contributed by atoms with Crippen LogP contribution in [0.5, 0.6) is 5.75 Å². The normalized spacial score (nSPS) is 14.7. The van der Waals surface area contributed by atoms with Gasteiger partial charge < -0.3 is 18.8 Å². The molecule has 0 amide bonds. The van der Waals surface area contributed by atoms with Crippen molar-refractivity contribution >= 4 is 11.8 Å². The zero-order valence-corrected chi connectivity index (χ0v) is 22.2. The van der Waals surface area contributed by atoms with Gasteiger partial charge in [0.05, 0.1) is 12.3 Å². The van der Waals surface area contributed by atoms with E-state index in [9.17, 15) is 14.7 Å². The van der Waals surface area contributed by atoms with Gasteiger partial charge in [0, 0.05) is 42.3 Å². The number of oxazole rings is 1. The van der Waals surface area contributed by atoms with Crippen LogP contribution >= 0.6 is 0 Å². The number of carbonyl (C=O) groups is 2. The van der Waals surface area contributed by atoms with E-state index >= 15 is 0 Å². The highest BCUT2D eigenvalue weighted by molar-refractivity contribution is 5.97. The number of ether oxygens (including phenoxy) is 1. The van der Waals surface area contributed by atoms with Gasteiger partial charge in [0.25, 0.3) is 0 Å². The molecule has 1 aliphatic rings. The van der Waals surface area contributed by atoms with Crippen LogP contribution in [0, 0.1) is 12.8 Å². The molecule has 39 heavy (non-hydrogen) atoms. The van der Waals surface area contributed by atoms with E-state index in [0.29, 0.717) is 36.7 Å². The summed E-state index contributed by atoms with van der Waals surface area (Å²) in [5.74, 6) is 1.35. The average molecular weight is 527 g/mol. The SMILES string of the molecule is Cc1oc(-c2ccccc2)nc1CCOc1ccc(CC(C(=O)O)n2ccc(C(=O)C3CCCCC3)c2)cc1. The zero-order chi connectivity index (χ0) is 27.2. The molecule has 2 heterocycles. The fraction of sp³-hybridized carbons (Fsp3) is 0.344. The predicted octanol–water partition coefficient (Wildman–Crippen LogP) is 6.70. The second-order valence-corrected chi connectivity index (χ2v) is 10.2. The first kappa shape index (κ1) is 26.5. The van der Waals surface area contributed by atoms with E-state index in [2.05, 4.69) is 4.98 Å². The summed E-state index contributed by atoms with van der Waals surface area (Å²) in [6, 6.07) is 18.2. The number of Topliss-reactive ketones (excluding diaryl/α,β-unsaturated/α-hetero) is 1. The van der Waals surface area contributed by atoms with E-state index < -0.39 is 12.0 Å². The van der Waals surface area contributed by atoms with Gasteiger partial charge in [0.1, 0.15) is 17.6 Å². The molecule has 1 fully saturated rings. The molecule has 2 aromatic heterocycles. The Bertz CT molecular complexity index is 1400. The highest BCUT2D eigenvalue weighted by Crippen LogP contribution is 2.28. The Morgan fingerprint density at radius 3 is 2.51 bits per heavy atom. The fourth-order valence-electron chi connectivity index (χ4n) is 5.25. The molecule has 5 rings (SSSR count). The van der Waals surface area contributed by atoms with Crippen molar-refractivity contribution < 1.29 is 23.8 Å². The molecule has 1 aliphatic carbocycles. The molecule has 0 saturated heterocycles. The molecule has 1 atom stereocenters. The minimum Gasteiger partial charge on any atom is -0.493 e. The van der Waals surface area contributed by atoms with Crippen LogP contribution in [0.2, 0.25) is 0 Å². The van der Waals surface area contributed by atoms with Crippen LogP contribution in [-0.2, 0) is 17.6 Å². The van der Waals surface area contributed by atoms with E-state index in [1.807, 2.05) is 61.5 Å². The number of carboxylic acid groups (broad SMARTS) is 1. The van der Waals surface area contributed by atoms with Gasteiger partial charge in [-0.25, -0.2) is 9.78 Å². The van der Waals surface area contributed by atoms with Crippen LogP contribution in [-0.4, -0.2) is 33.0 Å². The molecular formula is C32H34N2O5. The number of hydrogen-bond acceptors (Lipinski definition) is 5. The number of hydrogen-bond donors (Lipinski definition) is 1. The van der Waals surface area contributed by atoms with Gasteiger partial charge in [-0.05, 0) is 55.7 Å². The van der Waals surface area contributed by atoms with Crippen molar-refractivity contribution in [2.75, 3.05) is 6.61 Å². The number of nitrogens with zero attached hydrogens (tertiary/aromatic N) is 2. The number of aryl methyl sites for hydroxylation is 1. The summed E-state index contributed by atoms with van der Waals surface area (Å²) < 4.78 is 13.4. The Morgan fingerprint density at radius 1 is 1.05 bits per heavy atom. The van der Waals surface area contributed by atoms with E-state index in [1.54, 1.807) is 23.0 Å². The Morgan fingerprint density at radius 2 is 1.79 bits per heavy atom. The molecule has 4 aromatic rings. The summed E-state index contributed by atoms with van der Waals surface area (Å²) in [6.45, 7) is 2.35. The van der Waals surface area contributed by atoms with Gasteiger partial charge in [0.2, 0.25) is 5.89 Å². The van der Waals surface area contributed by atoms with E-state index in [4.69, 9.17) is 9.15 Å². The molecule has 7 nitrogen and oxygen atoms in total. The largest absolute Gasteiger partial charge is 0.493 e. The first-order valence-electron chi connectivity index (χ1n) is 13.7. The van der Waals surface area contributed by atoms with Crippen molar-refractivity contribution in [1.82, 2.24) is 9.55 Å². The molecule has 0 radical (unpaired) electrons. The number of benzene rings is 2. The number of aliphatic carboxylic acids is 1. The summed E-state index contributed by atoms with van der Waals surface area (Å²) in [4.78, 5) is 29.6. The van der Waals surface area contributed by atoms with Gasteiger partial charge in [-0.15, -0.1) is 0 Å². The molecule has 0 aliphatic heterocycles. The van der Waals surface area contributed by atoms with E-state index in [-0.39, 0.29) is 11.7 Å². The second-order valence-electron chi connectivity index (χ2n) is 10.2. The molecule has 1 N–H and O–H groups in total. The maximum absolute atomic E-state index is 12.9. The second kappa shape index (κ2) is 12.2. The lowest BCUT2D eigenvalue weighted by molar-refractivity contribution is -0.140. The van der Waals surface area contributed by atoms with Crippen molar-refractivity contribution in [3.63, 3.8) is 0 Å². The van der Waals surface area contributed by atoms with Gasteiger partial charge in [-0.1, -0.05) is 49.6 Å². The number of aromatic nitrogens is 2. The standard InChI is InChI=1S/C32H34N2O5/c1-22-28(33-31(39-22)25-10-6-3-7-11-25)17-19-38-27-14-12-23(13-15-27)20-29(32(36)37)34-18-16-26(21-34)30(35)24-8-4-2-5-9-24/h3,6-7,10-16,18,21,24,29H,2,4-5,8-9,17,19-20H2,1H3,(H,36,37). The summed E-state index contributed by atoms with van der Waals surface area (Å²) in [7, 11) is 0. The number of ketones is 1. The molecule has 2 aromatic carbocycles. The van der Waals surface area contributed by atoms with Crippen LogP contribution in [0.15, 0.2) is 77.5 Å². The van der Waals surface area contributed by atoms with Crippen molar-refractivity contribution in [3.05, 3.63) is 95.6 Å². The summed E-state index contributed by atoms with van der Waals surface area (Å²) >= 11 is 0. The molecule has 0 spiro atoms. The van der Waals surface area contributed by atoms with Crippen LogP contribution in [0.25, 0.3) is 11.5 Å². The Balaban J connectivity index is 1.16. The average Bonchev–Trinajstić information content (AvgIpc) is 3.60. The maximum atomic E-state index is 12.9. The number of rotatable bonds is 11. The molecule has 1 saturated carbocycles. The van der Waals surface area contributed by atoms with Crippen molar-refractivity contribution in [3.8, 4) is 17.2 Å². The van der Waals surface area contributed by atoms with Crippen LogP contribution in [0.4, 0.5) is 0 Å². The van der Waals surface area contributed by atoms with Crippen LogP contribution < -0.4 is 4.74 Å². The lowest BCUT2D eigenvalue weighted by atomic mass is 9.84. The van der Waals surface area contributed by atoms with Crippen molar-refractivity contribution in [2.24, 2.45) is 5.92 Å². The quantitative estimate of drug-likeness (QED) is 0.218. The summed E-state index contributed by atoms with van der Waals surface area (Å²) in [6.07, 6.45) is 9.53. The zero-order valence-electron chi connectivity index (χ0n) is 22.2. The van der Waals surface area contributed by atoms with Gasteiger partial charge in [-0.3, -0.25) is 4.79 Å². The number of carbonyl (C=O) groups excluding carboxylic acids is 1. The predicted molar refractivity (Wildman–Crippen MR) is 148 cm³/mol. The van der Waals surface area contributed by atoms with Crippen molar-refractivity contribution in [1.29, 1.82) is 0 Å². The molecule has 202 valence electrons. The highest BCUT2D eigenvalue weighted by Gasteiger charge is 2.25. The summed E-state index contributed by atoms with van der Waals surface area (Å²) in [5.41, 5.74) is 3.29. The highest BCUT2D eigenvalue weighted by atomic mass is 16.5. The smallest absolute Gasteiger partial charge is 0.327 e. The fourth-order valence-corrected chi connectivity index (χ4v) is 5.25. The number of carboxylic acids is 1. The third-order valence-electron chi connectivity index (χ3n) is 7.49. The molecule has 0 bridgehead atoms. The minimum absolute atomic E-state index is 0.0598. The first-order chi connectivity index (χ1) is 19.0. The summed E-state index contributed by atoms with van der Waals surface area (Å²) in [5, 5.41) is 9.92. The van der Waals surface area contributed by atoms with Gasteiger partial charge in [-0.2, -0.15) is 0 Å². The maximum Gasteiger partial charge on any atom is 0.327 e. The lowest BCUT2D eigenvalue weighted by Crippen LogP contribution is -2.21. The molecule has 7 heteroatoms. The minimum atomic E-state index is -0.930. The Labute approximate surface area is 228 Å². The Hall–Kier alpha value is -4.13. The third kappa shape index (κ3) is 6.48. The van der Waals surface area contributed by atoms with Crippen LogP contribution in [0.3, 0.4) is 0 Å². The van der Waals surface area contributed by atoms with Gasteiger partial charge in [0.15, 0.2) is 5.78 Å². The molecular weight excluding hydrogens is 492 g/mol. The van der Waals surface area contributed by atoms with Gasteiger partial charge >= 0.3 is 5.97 Å². The monoisotopic (exact) mass is 526 g/mol. The third-order valence-corrected chi connectivity index (χ3v) is 7.49. The topological polar surface area (TPSA) is 94.6 Å². The van der Waals surface area contributed by atoms with Crippen molar-refractivity contribution in [2.45, 2.75) is 57.9 Å². The van der Waals surface area contributed by atoms with E-state index in [1.165, 1.54) is 6.42 Å². The Kier molecular flexibility index (Phi) is 8.25. The first-order valence-corrected chi connectivity index (χ1v) is 13.7. The van der Waals surface area contributed by atoms with Crippen LogP contribution in [0.1, 0.15) is 65.5 Å². The lowest BCUT2D eigenvalue weighted by Gasteiger charge is -2.19.